The van der Waals surface area contributed by atoms with Crippen molar-refractivity contribution in [1.82, 2.24) is 10.6 Å². The van der Waals surface area contributed by atoms with E-state index in [4.69, 9.17) is 0 Å². The van der Waals surface area contributed by atoms with Crippen LogP contribution >= 0.6 is 0 Å². The molecule has 5 nitrogen and oxygen atoms in total. The van der Waals surface area contributed by atoms with Gasteiger partial charge in [-0.15, -0.1) is 0 Å². The second-order valence-electron chi connectivity index (χ2n) is 7.39. The van der Waals surface area contributed by atoms with Crippen LogP contribution in [0.1, 0.15) is 36.6 Å². The van der Waals surface area contributed by atoms with Crippen LogP contribution in [-0.4, -0.2) is 18.0 Å². The Kier molecular flexibility index (Phi) is 6.17. The number of hydrogen-bond donors (Lipinski definition) is 3. The van der Waals surface area contributed by atoms with Crippen molar-refractivity contribution in [2.24, 2.45) is 0 Å². The van der Waals surface area contributed by atoms with E-state index in [1.165, 1.54) is 0 Å². The van der Waals surface area contributed by atoms with E-state index < -0.39 is 6.04 Å². The lowest BCUT2D eigenvalue weighted by molar-refractivity contribution is -0.117. The predicted octanol–water partition coefficient (Wildman–Crippen LogP) is 4.84. The van der Waals surface area contributed by atoms with Gasteiger partial charge in [-0.2, -0.15) is 0 Å². The fourth-order valence-electron chi connectivity index (χ4n) is 3.45. The minimum absolute atomic E-state index is 0.199. The van der Waals surface area contributed by atoms with Gasteiger partial charge in [0.1, 0.15) is 6.04 Å². The van der Waals surface area contributed by atoms with Gasteiger partial charge in [0, 0.05) is 5.69 Å². The molecular weight excluding hydrogens is 362 g/mol. The first-order chi connectivity index (χ1) is 13.9. The number of urea groups is 1. The lowest BCUT2D eigenvalue weighted by Gasteiger charge is -2.20. The molecule has 0 bridgehead atoms. The zero-order chi connectivity index (χ0) is 21.0. The summed E-state index contributed by atoms with van der Waals surface area (Å²) in [6, 6.07) is 18.7. The van der Waals surface area contributed by atoms with Gasteiger partial charge in [-0.05, 0) is 55.2 Å². The van der Waals surface area contributed by atoms with Crippen LogP contribution in [0.3, 0.4) is 0 Å². The zero-order valence-corrected chi connectivity index (χ0v) is 17.2. The monoisotopic (exact) mass is 389 g/mol. The minimum atomic E-state index is -0.672. The zero-order valence-electron chi connectivity index (χ0n) is 17.2. The number of para-hydroxylation sites is 1. The minimum Gasteiger partial charge on any atom is -0.332 e. The number of benzene rings is 3. The molecule has 0 radical (unpaired) electrons. The summed E-state index contributed by atoms with van der Waals surface area (Å²) < 4.78 is 0. The number of amides is 3. The van der Waals surface area contributed by atoms with E-state index in [1.807, 2.05) is 81.4 Å². The van der Waals surface area contributed by atoms with Crippen molar-refractivity contribution in [3.8, 4) is 0 Å². The average molecular weight is 389 g/mol. The van der Waals surface area contributed by atoms with Crippen LogP contribution in [0.25, 0.3) is 10.8 Å². The molecule has 0 fully saturated rings. The smallest absolute Gasteiger partial charge is 0.315 e. The number of aryl methyl sites for hydroxylation is 2. The number of anilines is 1. The van der Waals surface area contributed by atoms with Gasteiger partial charge in [0.2, 0.25) is 5.91 Å². The third kappa shape index (κ3) is 4.74. The van der Waals surface area contributed by atoms with Crippen LogP contribution in [0.5, 0.6) is 0 Å². The lowest BCUT2D eigenvalue weighted by Crippen LogP contribution is -2.47. The second kappa shape index (κ2) is 8.78. The van der Waals surface area contributed by atoms with Crippen molar-refractivity contribution in [2.75, 3.05) is 5.32 Å². The first-order valence-electron chi connectivity index (χ1n) is 9.78. The summed E-state index contributed by atoms with van der Waals surface area (Å²) in [5.41, 5.74) is 3.79. The van der Waals surface area contributed by atoms with Gasteiger partial charge in [0.05, 0.1) is 6.04 Å². The summed E-state index contributed by atoms with van der Waals surface area (Å²) >= 11 is 0. The maximum absolute atomic E-state index is 12.5. The van der Waals surface area contributed by atoms with Crippen LogP contribution in [0, 0.1) is 13.8 Å². The molecule has 3 aromatic carbocycles. The SMILES string of the molecule is Cc1cccc(C)c1NC(=O)C(C)NC(=O)NC(C)c1cccc2ccccc12. The molecule has 0 aromatic heterocycles. The highest BCUT2D eigenvalue weighted by atomic mass is 16.2. The van der Waals surface area contributed by atoms with Crippen molar-refractivity contribution in [2.45, 2.75) is 39.8 Å². The van der Waals surface area contributed by atoms with Crippen LogP contribution in [0.15, 0.2) is 60.7 Å². The van der Waals surface area contributed by atoms with Crippen LogP contribution in [-0.2, 0) is 4.79 Å². The quantitative estimate of drug-likeness (QED) is 0.584. The molecule has 5 heteroatoms. The molecule has 0 aliphatic rings. The number of nitrogens with one attached hydrogen (secondary N) is 3. The molecule has 3 aromatic rings. The molecule has 3 N–H and O–H groups in total. The van der Waals surface area contributed by atoms with Crippen molar-refractivity contribution in [3.63, 3.8) is 0 Å². The van der Waals surface area contributed by atoms with Crippen molar-refractivity contribution >= 4 is 28.4 Å². The summed E-state index contributed by atoms with van der Waals surface area (Å²) in [5, 5.41) is 10.8. The highest BCUT2D eigenvalue weighted by Gasteiger charge is 2.19. The molecule has 0 heterocycles. The summed E-state index contributed by atoms with van der Waals surface area (Å²) in [6.07, 6.45) is 0. The van der Waals surface area contributed by atoms with E-state index in [2.05, 4.69) is 16.0 Å². The standard InChI is InChI=1S/C24H27N3O2/c1-15-9-7-10-16(2)22(15)27-23(28)18(4)26-24(29)25-17(3)20-14-8-12-19-11-5-6-13-21(19)20/h5-14,17-18H,1-4H3,(H,27,28)(H2,25,26,29). The van der Waals surface area contributed by atoms with Crippen LogP contribution in [0.4, 0.5) is 10.5 Å². The Morgan fingerprint density at radius 3 is 2.14 bits per heavy atom. The van der Waals surface area contributed by atoms with Gasteiger partial charge in [-0.3, -0.25) is 4.79 Å². The number of fused-ring (bicyclic) bond motifs is 1. The van der Waals surface area contributed by atoms with Crippen LogP contribution < -0.4 is 16.0 Å². The fraction of sp³-hybridized carbons (Fsp3) is 0.250. The molecule has 0 spiro atoms. The summed E-state index contributed by atoms with van der Waals surface area (Å²) in [4.78, 5) is 25.0. The molecule has 2 atom stereocenters. The van der Waals surface area contributed by atoms with Gasteiger partial charge >= 0.3 is 6.03 Å². The number of rotatable bonds is 5. The van der Waals surface area contributed by atoms with Gasteiger partial charge in [0.25, 0.3) is 0 Å². The van der Waals surface area contributed by atoms with E-state index >= 15 is 0 Å². The lowest BCUT2D eigenvalue weighted by atomic mass is 10.00. The summed E-state index contributed by atoms with van der Waals surface area (Å²) in [7, 11) is 0. The Morgan fingerprint density at radius 2 is 1.41 bits per heavy atom. The van der Waals surface area contributed by atoms with E-state index in [0.717, 1.165) is 33.2 Å². The largest absolute Gasteiger partial charge is 0.332 e. The molecule has 150 valence electrons. The second-order valence-corrected chi connectivity index (χ2v) is 7.39. The van der Waals surface area contributed by atoms with Crippen molar-refractivity contribution in [1.29, 1.82) is 0 Å². The van der Waals surface area contributed by atoms with Gasteiger partial charge in [-0.25, -0.2) is 4.79 Å². The number of carbonyl (C=O) groups excluding carboxylic acids is 2. The maximum atomic E-state index is 12.5. The first kappa shape index (κ1) is 20.4. The first-order valence-corrected chi connectivity index (χ1v) is 9.78. The average Bonchev–Trinajstić information content (AvgIpc) is 2.70. The predicted molar refractivity (Wildman–Crippen MR) is 118 cm³/mol. The Hall–Kier alpha value is -3.34. The van der Waals surface area contributed by atoms with Crippen molar-refractivity contribution < 1.29 is 9.59 Å². The highest BCUT2D eigenvalue weighted by Crippen LogP contribution is 2.24. The number of carbonyl (C=O) groups is 2. The molecule has 0 aliphatic carbocycles. The van der Waals surface area contributed by atoms with E-state index in [1.54, 1.807) is 6.92 Å². The normalized spacial score (nSPS) is 12.8. The maximum Gasteiger partial charge on any atom is 0.315 e. The van der Waals surface area contributed by atoms with Crippen LogP contribution in [0.2, 0.25) is 0 Å². The summed E-state index contributed by atoms with van der Waals surface area (Å²) in [6.45, 7) is 7.49. The number of hydrogen-bond acceptors (Lipinski definition) is 2. The van der Waals surface area contributed by atoms with E-state index in [-0.39, 0.29) is 18.0 Å². The Balaban J connectivity index is 1.63. The Morgan fingerprint density at radius 1 is 0.793 bits per heavy atom. The molecule has 0 saturated carbocycles. The van der Waals surface area contributed by atoms with Crippen molar-refractivity contribution in [3.05, 3.63) is 77.4 Å². The molecule has 3 rings (SSSR count). The summed E-state index contributed by atoms with van der Waals surface area (Å²) in [5.74, 6) is -0.254. The van der Waals surface area contributed by atoms with Gasteiger partial charge in [0.15, 0.2) is 0 Å². The van der Waals surface area contributed by atoms with E-state index in [0.29, 0.717) is 0 Å². The van der Waals surface area contributed by atoms with E-state index in [9.17, 15) is 9.59 Å². The molecule has 0 aliphatic heterocycles. The van der Waals surface area contributed by atoms with Gasteiger partial charge < -0.3 is 16.0 Å². The molecule has 0 saturated heterocycles. The molecular formula is C24H27N3O2. The molecule has 2 unspecified atom stereocenters. The topological polar surface area (TPSA) is 70.2 Å². The molecule has 29 heavy (non-hydrogen) atoms. The Bertz CT molecular complexity index is 1020. The Labute approximate surface area is 171 Å². The third-order valence-electron chi connectivity index (χ3n) is 5.11. The third-order valence-corrected chi connectivity index (χ3v) is 5.11. The fourth-order valence-corrected chi connectivity index (χ4v) is 3.45. The highest BCUT2D eigenvalue weighted by molar-refractivity contribution is 5.98. The van der Waals surface area contributed by atoms with Gasteiger partial charge in [-0.1, -0.05) is 60.7 Å². The molecule has 3 amide bonds.